The molecule has 8 heteroatoms. The number of anilines is 1. The van der Waals surface area contributed by atoms with Gasteiger partial charge in [0.1, 0.15) is 15.1 Å². The summed E-state index contributed by atoms with van der Waals surface area (Å²) in [7, 11) is 3.25. The van der Waals surface area contributed by atoms with Crippen LogP contribution in [0.3, 0.4) is 0 Å². The van der Waals surface area contributed by atoms with E-state index in [1.807, 2.05) is 0 Å². The summed E-state index contributed by atoms with van der Waals surface area (Å²) in [6, 6.07) is 0. The fourth-order valence-electron chi connectivity index (χ4n) is 0.830. The molecule has 0 radical (unpaired) electrons. The standard InChI is InChI=1S/C9H11BrN2O3S.C2H6O/c1-9(2,3)15-8(14)12-7-11-5(4-13)6(10)16-7;1-3-2/h4H,1-3H3,(H,11,12,14);1-2H3. The van der Waals surface area contributed by atoms with Gasteiger partial charge in [-0.15, -0.1) is 0 Å². The number of hydrogen-bond acceptors (Lipinski definition) is 6. The maximum absolute atomic E-state index is 11.4. The monoisotopic (exact) mass is 352 g/mol. The number of methoxy groups -OCH3 is 1. The lowest BCUT2D eigenvalue weighted by molar-refractivity contribution is 0.0635. The van der Waals surface area contributed by atoms with Gasteiger partial charge in [-0.25, -0.2) is 9.78 Å². The zero-order valence-electron chi connectivity index (χ0n) is 11.4. The lowest BCUT2D eigenvalue weighted by Crippen LogP contribution is -2.27. The molecule has 1 amide bonds. The Bertz CT molecular complexity index is 429. The highest BCUT2D eigenvalue weighted by atomic mass is 79.9. The largest absolute Gasteiger partial charge is 0.444 e. The van der Waals surface area contributed by atoms with Crippen molar-refractivity contribution in [2.75, 3.05) is 19.5 Å². The molecule has 0 fully saturated rings. The average molecular weight is 353 g/mol. The molecule has 1 aromatic heterocycles. The normalized spacial score (nSPS) is 10.2. The number of carbonyl (C=O) groups excluding carboxylic acids is 2. The van der Waals surface area contributed by atoms with E-state index in [0.717, 1.165) is 11.3 Å². The molecule has 1 N–H and O–H groups in total. The molecule has 108 valence electrons. The number of rotatable bonds is 2. The predicted molar refractivity (Wildman–Crippen MR) is 78.0 cm³/mol. The number of aldehydes is 1. The van der Waals surface area contributed by atoms with E-state index in [-0.39, 0.29) is 5.69 Å². The van der Waals surface area contributed by atoms with Crippen LogP contribution in [0.2, 0.25) is 0 Å². The van der Waals surface area contributed by atoms with Crippen molar-refractivity contribution >= 4 is 44.8 Å². The second-order valence-corrected chi connectivity index (χ2v) is 6.65. The molecule has 0 aromatic carbocycles. The summed E-state index contributed by atoms with van der Waals surface area (Å²) in [5.41, 5.74) is -0.303. The Hall–Kier alpha value is -0.990. The molecule has 6 nitrogen and oxygen atoms in total. The minimum absolute atomic E-state index is 0.260. The topological polar surface area (TPSA) is 77.5 Å². The summed E-state index contributed by atoms with van der Waals surface area (Å²) < 4.78 is 9.86. The fraction of sp³-hybridized carbons (Fsp3) is 0.545. The minimum atomic E-state index is -0.591. The third kappa shape index (κ3) is 7.91. The van der Waals surface area contributed by atoms with Gasteiger partial charge in [-0.05, 0) is 36.7 Å². The lowest BCUT2D eigenvalue weighted by Gasteiger charge is -2.18. The van der Waals surface area contributed by atoms with Crippen LogP contribution in [-0.4, -0.2) is 37.2 Å². The van der Waals surface area contributed by atoms with Crippen molar-refractivity contribution < 1.29 is 19.1 Å². The van der Waals surface area contributed by atoms with Crippen LogP contribution in [0, 0.1) is 0 Å². The maximum atomic E-state index is 11.4. The van der Waals surface area contributed by atoms with E-state index in [4.69, 9.17) is 4.74 Å². The summed E-state index contributed by atoms with van der Waals surface area (Å²) in [5.74, 6) is 0. The Morgan fingerprint density at radius 2 is 1.95 bits per heavy atom. The van der Waals surface area contributed by atoms with Gasteiger partial charge in [-0.2, -0.15) is 0 Å². The van der Waals surface area contributed by atoms with Crippen molar-refractivity contribution in [3.63, 3.8) is 0 Å². The van der Waals surface area contributed by atoms with Gasteiger partial charge in [0, 0.05) is 14.2 Å². The summed E-state index contributed by atoms with van der Waals surface area (Å²) in [6.45, 7) is 5.30. The number of thiazole rings is 1. The first kappa shape index (κ1) is 18.0. The van der Waals surface area contributed by atoms with Gasteiger partial charge in [0.05, 0.1) is 0 Å². The predicted octanol–water partition coefficient (Wildman–Crippen LogP) is 3.33. The Labute approximate surface area is 124 Å². The smallest absolute Gasteiger partial charge is 0.413 e. The van der Waals surface area contributed by atoms with Crippen molar-refractivity contribution in [2.24, 2.45) is 0 Å². The summed E-state index contributed by atoms with van der Waals surface area (Å²) in [6.07, 6.45) is 0.0205. The highest BCUT2D eigenvalue weighted by Crippen LogP contribution is 2.27. The first-order valence-electron chi connectivity index (χ1n) is 5.25. The number of nitrogens with one attached hydrogen (secondary N) is 1. The van der Waals surface area contributed by atoms with Crippen LogP contribution in [0.15, 0.2) is 3.79 Å². The van der Waals surface area contributed by atoms with Gasteiger partial charge in [-0.1, -0.05) is 11.3 Å². The zero-order chi connectivity index (χ0) is 15.1. The number of amides is 1. The van der Waals surface area contributed by atoms with E-state index >= 15 is 0 Å². The van der Waals surface area contributed by atoms with Crippen molar-refractivity contribution in [2.45, 2.75) is 26.4 Å². The second kappa shape index (κ2) is 8.23. The average Bonchev–Trinajstić information content (AvgIpc) is 2.56. The molecular formula is C11H17BrN2O4S. The molecule has 0 aliphatic rings. The number of hydrogen-bond donors (Lipinski definition) is 1. The highest BCUT2D eigenvalue weighted by molar-refractivity contribution is 9.11. The van der Waals surface area contributed by atoms with Crippen molar-refractivity contribution in [1.29, 1.82) is 0 Å². The van der Waals surface area contributed by atoms with Crippen LogP contribution in [-0.2, 0) is 9.47 Å². The third-order valence-electron chi connectivity index (χ3n) is 1.33. The Balaban J connectivity index is 0.000000982. The van der Waals surface area contributed by atoms with Crippen LogP contribution in [0.4, 0.5) is 9.93 Å². The number of aromatic nitrogens is 1. The molecule has 0 saturated heterocycles. The summed E-state index contributed by atoms with van der Waals surface area (Å²) in [5, 5.41) is 2.77. The SMILES string of the molecule is CC(C)(C)OC(=O)Nc1nc(C=O)c(Br)s1.COC. The molecule has 19 heavy (non-hydrogen) atoms. The quantitative estimate of drug-likeness (QED) is 0.826. The van der Waals surface area contributed by atoms with Gasteiger partial charge in [0.25, 0.3) is 0 Å². The Morgan fingerprint density at radius 1 is 1.42 bits per heavy atom. The molecular weight excluding hydrogens is 336 g/mol. The molecule has 0 bridgehead atoms. The lowest BCUT2D eigenvalue weighted by atomic mass is 10.2. The van der Waals surface area contributed by atoms with Gasteiger partial charge in [-0.3, -0.25) is 10.1 Å². The molecule has 0 unspecified atom stereocenters. The summed E-state index contributed by atoms with van der Waals surface area (Å²) in [4.78, 5) is 25.8. The van der Waals surface area contributed by atoms with Crippen LogP contribution < -0.4 is 5.32 Å². The van der Waals surface area contributed by atoms with Crippen molar-refractivity contribution in [3.8, 4) is 0 Å². The van der Waals surface area contributed by atoms with Crippen LogP contribution in [0.5, 0.6) is 0 Å². The molecule has 1 heterocycles. The fourth-order valence-corrected chi connectivity index (χ4v) is 2.12. The number of halogens is 1. The summed E-state index contributed by atoms with van der Waals surface area (Å²) >= 11 is 4.32. The minimum Gasteiger partial charge on any atom is -0.444 e. The molecule has 1 aromatic rings. The van der Waals surface area contributed by atoms with Crippen LogP contribution >= 0.6 is 27.3 Å². The first-order chi connectivity index (χ1) is 8.73. The van der Waals surface area contributed by atoms with Gasteiger partial charge < -0.3 is 9.47 Å². The van der Waals surface area contributed by atoms with Gasteiger partial charge >= 0.3 is 6.09 Å². The molecule has 0 spiro atoms. The molecule has 1 rings (SSSR count). The van der Waals surface area contributed by atoms with E-state index in [9.17, 15) is 9.59 Å². The maximum Gasteiger partial charge on any atom is 0.413 e. The van der Waals surface area contributed by atoms with Crippen molar-refractivity contribution in [3.05, 3.63) is 9.48 Å². The molecule has 0 aliphatic heterocycles. The number of nitrogens with zero attached hydrogens (tertiary/aromatic N) is 1. The third-order valence-corrected chi connectivity index (χ3v) is 3.00. The van der Waals surface area contributed by atoms with Crippen molar-refractivity contribution in [1.82, 2.24) is 4.98 Å². The van der Waals surface area contributed by atoms with E-state index in [2.05, 4.69) is 31.0 Å². The number of ether oxygens (including phenoxy) is 2. The van der Waals surface area contributed by atoms with E-state index in [0.29, 0.717) is 15.2 Å². The number of carbonyl (C=O) groups is 2. The van der Waals surface area contributed by atoms with Crippen LogP contribution in [0.1, 0.15) is 31.3 Å². The van der Waals surface area contributed by atoms with E-state index < -0.39 is 11.7 Å². The molecule has 0 atom stereocenters. The zero-order valence-corrected chi connectivity index (χ0v) is 13.8. The van der Waals surface area contributed by atoms with Crippen LogP contribution in [0.25, 0.3) is 0 Å². The van der Waals surface area contributed by atoms with Gasteiger partial charge in [0.2, 0.25) is 0 Å². The Kier molecular flexibility index (Phi) is 7.81. The molecule has 0 aliphatic carbocycles. The highest BCUT2D eigenvalue weighted by Gasteiger charge is 2.18. The van der Waals surface area contributed by atoms with E-state index in [1.165, 1.54) is 0 Å². The molecule has 0 saturated carbocycles. The van der Waals surface area contributed by atoms with E-state index in [1.54, 1.807) is 35.0 Å². The first-order valence-corrected chi connectivity index (χ1v) is 6.86. The second-order valence-electron chi connectivity index (χ2n) is 4.33. The van der Waals surface area contributed by atoms with Gasteiger partial charge in [0.15, 0.2) is 11.4 Å². The Morgan fingerprint density at radius 3 is 2.32 bits per heavy atom.